The Morgan fingerprint density at radius 3 is 2.40 bits per heavy atom. The van der Waals surface area contributed by atoms with Crippen LogP contribution in [0.3, 0.4) is 0 Å². The molecule has 0 radical (unpaired) electrons. The Bertz CT molecular complexity index is 530. The van der Waals surface area contributed by atoms with Gasteiger partial charge < -0.3 is 5.32 Å². The van der Waals surface area contributed by atoms with Crippen molar-refractivity contribution in [2.45, 2.75) is 39.8 Å². The lowest BCUT2D eigenvalue weighted by atomic mass is 10.00. The minimum Gasteiger partial charge on any atom is -0.305 e. The minimum absolute atomic E-state index is 0.379. The van der Waals surface area contributed by atoms with Gasteiger partial charge in [-0.1, -0.05) is 38.1 Å². The van der Waals surface area contributed by atoms with Gasteiger partial charge in [0.2, 0.25) is 0 Å². The molecule has 108 valence electrons. The monoisotopic (exact) mass is 351 g/mol. The summed E-state index contributed by atoms with van der Waals surface area (Å²) in [7, 11) is 0. The molecule has 1 nitrogen and oxygen atoms in total. The van der Waals surface area contributed by atoms with Crippen LogP contribution in [-0.2, 0) is 13.0 Å². The molecule has 1 N–H and O–H groups in total. The summed E-state index contributed by atoms with van der Waals surface area (Å²) in [5, 5.41) is 5.71. The van der Waals surface area contributed by atoms with E-state index < -0.39 is 0 Å². The van der Waals surface area contributed by atoms with Gasteiger partial charge in [0.05, 0.1) is 0 Å². The zero-order valence-electron chi connectivity index (χ0n) is 12.3. The highest BCUT2D eigenvalue weighted by Crippen LogP contribution is 2.21. The van der Waals surface area contributed by atoms with Crippen molar-refractivity contribution >= 4 is 27.3 Å². The van der Waals surface area contributed by atoms with Crippen molar-refractivity contribution in [2.24, 2.45) is 5.92 Å². The Kier molecular flexibility index (Phi) is 5.82. The van der Waals surface area contributed by atoms with Gasteiger partial charge in [-0.2, -0.15) is 0 Å². The van der Waals surface area contributed by atoms with Gasteiger partial charge in [-0.15, -0.1) is 11.3 Å². The van der Waals surface area contributed by atoms with E-state index in [2.05, 4.69) is 77.7 Å². The molecular weight excluding hydrogens is 330 g/mol. The number of thiophene rings is 1. The highest BCUT2D eigenvalue weighted by atomic mass is 79.9. The van der Waals surface area contributed by atoms with Gasteiger partial charge >= 0.3 is 0 Å². The van der Waals surface area contributed by atoms with Gasteiger partial charge in [-0.3, -0.25) is 0 Å². The second kappa shape index (κ2) is 7.39. The molecule has 0 amide bonds. The minimum atomic E-state index is 0.379. The van der Waals surface area contributed by atoms with Crippen molar-refractivity contribution in [3.63, 3.8) is 0 Å². The number of rotatable bonds is 6. The van der Waals surface area contributed by atoms with Crippen LogP contribution in [-0.4, -0.2) is 0 Å². The summed E-state index contributed by atoms with van der Waals surface area (Å²) >= 11 is 5.28. The van der Waals surface area contributed by atoms with E-state index in [0.717, 1.165) is 13.0 Å². The van der Waals surface area contributed by atoms with Crippen LogP contribution in [0, 0.1) is 5.92 Å². The van der Waals surface area contributed by atoms with Crippen LogP contribution in [0.2, 0.25) is 0 Å². The maximum Gasteiger partial charge on any atom is 0.0305 e. The van der Waals surface area contributed by atoms with E-state index in [9.17, 15) is 0 Å². The Morgan fingerprint density at radius 1 is 1.15 bits per heavy atom. The fourth-order valence-corrected chi connectivity index (χ4v) is 3.63. The first-order chi connectivity index (χ1) is 9.54. The molecule has 0 aliphatic heterocycles. The highest BCUT2D eigenvalue weighted by molar-refractivity contribution is 9.10. The van der Waals surface area contributed by atoms with E-state index in [4.69, 9.17) is 0 Å². The number of halogens is 1. The smallest absolute Gasteiger partial charge is 0.0305 e. The first kappa shape index (κ1) is 15.7. The van der Waals surface area contributed by atoms with Crippen molar-refractivity contribution < 1.29 is 0 Å². The maximum atomic E-state index is 3.58. The molecule has 1 unspecified atom stereocenters. The van der Waals surface area contributed by atoms with Crippen LogP contribution in [0.5, 0.6) is 0 Å². The van der Waals surface area contributed by atoms with Crippen LogP contribution in [0.4, 0.5) is 0 Å². The maximum absolute atomic E-state index is 3.58. The molecule has 1 aromatic carbocycles. The quantitative estimate of drug-likeness (QED) is 0.718. The van der Waals surface area contributed by atoms with E-state index in [1.54, 1.807) is 11.3 Å². The van der Waals surface area contributed by atoms with Gasteiger partial charge in [0.15, 0.2) is 0 Å². The predicted molar refractivity (Wildman–Crippen MR) is 92.3 cm³/mol. The highest BCUT2D eigenvalue weighted by Gasteiger charge is 2.06. The third-order valence-electron chi connectivity index (χ3n) is 3.33. The fourth-order valence-electron chi connectivity index (χ4n) is 2.23. The summed E-state index contributed by atoms with van der Waals surface area (Å²) in [5.41, 5.74) is 2.78. The molecular formula is C17H22BrNS. The van der Waals surface area contributed by atoms with Crippen molar-refractivity contribution in [1.29, 1.82) is 0 Å². The Labute approximate surface area is 134 Å². The molecule has 0 aliphatic rings. The van der Waals surface area contributed by atoms with Crippen LogP contribution in [0.15, 0.2) is 40.2 Å². The second-order valence-electron chi connectivity index (χ2n) is 5.67. The Morgan fingerprint density at radius 2 is 1.85 bits per heavy atom. The van der Waals surface area contributed by atoms with E-state index in [1.807, 2.05) is 0 Å². The van der Waals surface area contributed by atoms with Crippen molar-refractivity contribution in [3.8, 4) is 0 Å². The molecule has 2 rings (SSSR count). The average molecular weight is 352 g/mol. The summed E-state index contributed by atoms with van der Waals surface area (Å²) in [4.78, 5) is 1.36. The van der Waals surface area contributed by atoms with Gasteiger partial charge in [0, 0.05) is 27.3 Å². The third-order valence-corrected chi connectivity index (χ3v) is 5.03. The van der Waals surface area contributed by atoms with E-state index in [0.29, 0.717) is 12.0 Å². The number of nitrogens with one attached hydrogen (secondary N) is 1. The first-order valence-electron chi connectivity index (χ1n) is 7.09. The molecule has 0 aliphatic carbocycles. The van der Waals surface area contributed by atoms with Gasteiger partial charge in [-0.25, -0.2) is 0 Å². The summed E-state index contributed by atoms with van der Waals surface area (Å²) < 4.78 is 1.17. The van der Waals surface area contributed by atoms with Gasteiger partial charge in [-0.05, 0) is 52.4 Å². The SMILES string of the molecule is CC(C)Cc1ccc(C(C)NCc2cc(Br)cs2)cc1. The van der Waals surface area contributed by atoms with Gasteiger partial charge in [0.1, 0.15) is 0 Å². The van der Waals surface area contributed by atoms with Crippen molar-refractivity contribution in [1.82, 2.24) is 5.32 Å². The van der Waals surface area contributed by atoms with Gasteiger partial charge in [0.25, 0.3) is 0 Å². The Balaban J connectivity index is 1.90. The van der Waals surface area contributed by atoms with Crippen LogP contribution >= 0.6 is 27.3 Å². The van der Waals surface area contributed by atoms with E-state index in [-0.39, 0.29) is 0 Å². The lowest BCUT2D eigenvalue weighted by molar-refractivity contribution is 0.578. The first-order valence-corrected chi connectivity index (χ1v) is 8.77. The molecule has 0 saturated carbocycles. The van der Waals surface area contributed by atoms with E-state index >= 15 is 0 Å². The molecule has 1 atom stereocenters. The molecule has 1 aromatic heterocycles. The predicted octanol–water partition coefficient (Wildman–Crippen LogP) is 5.56. The fraction of sp³-hybridized carbons (Fsp3) is 0.412. The normalized spacial score (nSPS) is 12.8. The lowest BCUT2D eigenvalue weighted by Crippen LogP contribution is -2.17. The third kappa shape index (κ3) is 4.72. The molecule has 0 saturated heterocycles. The molecule has 2 aromatic rings. The molecule has 0 bridgehead atoms. The average Bonchev–Trinajstić information content (AvgIpc) is 2.82. The summed E-state index contributed by atoms with van der Waals surface area (Å²) in [5.74, 6) is 0.716. The molecule has 0 spiro atoms. The molecule has 1 heterocycles. The topological polar surface area (TPSA) is 12.0 Å². The van der Waals surface area contributed by atoms with Crippen molar-refractivity contribution in [3.05, 3.63) is 56.2 Å². The zero-order valence-corrected chi connectivity index (χ0v) is 14.7. The largest absolute Gasteiger partial charge is 0.305 e. The lowest BCUT2D eigenvalue weighted by Gasteiger charge is -2.14. The summed E-state index contributed by atoms with van der Waals surface area (Å²) in [6, 6.07) is 11.6. The summed E-state index contributed by atoms with van der Waals surface area (Å²) in [6.45, 7) is 7.67. The Hall–Kier alpha value is -0.640. The standard InChI is InChI=1S/C17H22BrNS/c1-12(2)8-14-4-6-15(7-5-14)13(3)19-10-17-9-16(18)11-20-17/h4-7,9,11-13,19H,8,10H2,1-3H3. The second-order valence-corrected chi connectivity index (χ2v) is 7.58. The van der Waals surface area contributed by atoms with Crippen molar-refractivity contribution in [2.75, 3.05) is 0 Å². The molecule has 3 heteroatoms. The molecule has 0 fully saturated rings. The van der Waals surface area contributed by atoms with Crippen LogP contribution < -0.4 is 5.32 Å². The number of hydrogen-bond acceptors (Lipinski definition) is 2. The zero-order chi connectivity index (χ0) is 14.5. The number of hydrogen-bond donors (Lipinski definition) is 1. The number of benzene rings is 1. The van der Waals surface area contributed by atoms with E-state index in [1.165, 1.54) is 20.5 Å². The van der Waals surface area contributed by atoms with Crippen LogP contribution in [0.25, 0.3) is 0 Å². The molecule has 20 heavy (non-hydrogen) atoms. The summed E-state index contributed by atoms with van der Waals surface area (Å²) in [6.07, 6.45) is 1.16. The van der Waals surface area contributed by atoms with Crippen LogP contribution in [0.1, 0.15) is 42.8 Å².